The maximum atomic E-state index is 11.6. The Morgan fingerprint density at radius 2 is 2.16 bits per heavy atom. The lowest BCUT2D eigenvalue weighted by atomic mass is 10.2. The zero-order valence-corrected chi connectivity index (χ0v) is 11.4. The van der Waals surface area contributed by atoms with Crippen molar-refractivity contribution in [3.63, 3.8) is 0 Å². The number of carbonyl (C=O) groups is 2. The Balaban J connectivity index is 2.62. The van der Waals surface area contributed by atoms with E-state index in [0.29, 0.717) is 17.1 Å². The van der Waals surface area contributed by atoms with E-state index in [1.54, 1.807) is 18.2 Å². The fraction of sp³-hybridized carbons (Fsp3) is 0.429. The van der Waals surface area contributed by atoms with Crippen LogP contribution < -0.4 is 14.8 Å². The van der Waals surface area contributed by atoms with Crippen molar-refractivity contribution < 1.29 is 19.1 Å². The molecule has 5 nitrogen and oxygen atoms in total. The van der Waals surface area contributed by atoms with Gasteiger partial charge in [0.2, 0.25) is 0 Å². The van der Waals surface area contributed by atoms with Crippen molar-refractivity contribution in [2.24, 2.45) is 0 Å². The molecular formula is C14H19NO4. The molecule has 0 saturated heterocycles. The zero-order valence-electron chi connectivity index (χ0n) is 11.4. The lowest BCUT2D eigenvalue weighted by molar-refractivity contribution is -0.123. The normalized spacial score (nSPS) is 11.5. The maximum Gasteiger partial charge on any atom is 0.258 e. The molecule has 0 unspecified atom stereocenters. The molecule has 0 spiro atoms. The second kappa shape index (κ2) is 7.41. The van der Waals surface area contributed by atoms with Crippen LogP contribution in [0.25, 0.3) is 0 Å². The number of carbonyl (C=O) groups excluding carboxylic acids is 2. The lowest BCUT2D eigenvalue weighted by Gasteiger charge is -2.13. The average Bonchev–Trinajstić information content (AvgIpc) is 2.44. The van der Waals surface area contributed by atoms with Gasteiger partial charge in [0.05, 0.1) is 7.11 Å². The van der Waals surface area contributed by atoms with Crippen molar-refractivity contribution in [2.45, 2.75) is 26.3 Å². The van der Waals surface area contributed by atoms with Gasteiger partial charge in [-0.2, -0.15) is 0 Å². The number of methoxy groups -OCH3 is 1. The van der Waals surface area contributed by atoms with Crippen molar-refractivity contribution in [1.82, 2.24) is 5.32 Å². The SMILES string of the molecule is CC[C@H](C)NC(=O)COc1ccc(C=O)cc1OC. The molecule has 0 saturated carbocycles. The summed E-state index contributed by atoms with van der Waals surface area (Å²) in [6.45, 7) is 3.84. The molecule has 0 aromatic heterocycles. The monoisotopic (exact) mass is 265 g/mol. The molecule has 0 aliphatic rings. The van der Waals surface area contributed by atoms with Crippen LogP contribution in [-0.2, 0) is 4.79 Å². The quantitative estimate of drug-likeness (QED) is 0.763. The second-order valence-corrected chi connectivity index (χ2v) is 4.19. The molecular weight excluding hydrogens is 246 g/mol. The van der Waals surface area contributed by atoms with Crippen molar-refractivity contribution in [1.29, 1.82) is 0 Å². The van der Waals surface area contributed by atoms with Crippen molar-refractivity contribution in [3.05, 3.63) is 23.8 Å². The molecule has 0 heterocycles. The molecule has 5 heteroatoms. The molecule has 104 valence electrons. The fourth-order valence-electron chi connectivity index (χ4n) is 1.44. The van der Waals surface area contributed by atoms with Crippen molar-refractivity contribution >= 4 is 12.2 Å². The first-order valence-corrected chi connectivity index (χ1v) is 6.16. The Morgan fingerprint density at radius 3 is 2.74 bits per heavy atom. The van der Waals surface area contributed by atoms with Crippen LogP contribution in [0.1, 0.15) is 30.6 Å². The topological polar surface area (TPSA) is 64.6 Å². The highest BCUT2D eigenvalue weighted by Crippen LogP contribution is 2.27. The highest BCUT2D eigenvalue weighted by molar-refractivity contribution is 5.78. The van der Waals surface area contributed by atoms with E-state index in [9.17, 15) is 9.59 Å². The second-order valence-electron chi connectivity index (χ2n) is 4.19. The van der Waals surface area contributed by atoms with Crippen molar-refractivity contribution in [2.75, 3.05) is 13.7 Å². The number of rotatable bonds is 7. The molecule has 19 heavy (non-hydrogen) atoms. The number of hydrogen-bond acceptors (Lipinski definition) is 4. The molecule has 1 aromatic carbocycles. The van der Waals surface area contributed by atoms with Crippen LogP contribution in [0.5, 0.6) is 11.5 Å². The summed E-state index contributed by atoms with van der Waals surface area (Å²) in [5, 5.41) is 2.80. The van der Waals surface area contributed by atoms with E-state index in [1.165, 1.54) is 7.11 Å². The molecule has 0 bridgehead atoms. The summed E-state index contributed by atoms with van der Waals surface area (Å²) in [5.41, 5.74) is 0.494. The lowest BCUT2D eigenvalue weighted by Crippen LogP contribution is -2.35. The minimum absolute atomic E-state index is 0.0822. The molecule has 1 atom stereocenters. The molecule has 0 aliphatic carbocycles. The van der Waals surface area contributed by atoms with Gasteiger partial charge in [-0.1, -0.05) is 6.92 Å². The van der Waals surface area contributed by atoms with E-state index < -0.39 is 0 Å². The third kappa shape index (κ3) is 4.62. The molecule has 0 radical (unpaired) electrons. The van der Waals surface area contributed by atoms with Gasteiger partial charge < -0.3 is 14.8 Å². The number of aldehydes is 1. The summed E-state index contributed by atoms with van der Waals surface area (Å²) in [4.78, 5) is 22.2. The van der Waals surface area contributed by atoms with E-state index in [4.69, 9.17) is 9.47 Å². The van der Waals surface area contributed by atoms with Gasteiger partial charge in [-0.25, -0.2) is 0 Å². The van der Waals surface area contributed by atoms with Gasteiger partial charge in [0.1, 0.15) is 6.29 Å². The Morgan fingerprint density at radius 1 is 1.42 bits per heavy atom. The van der Waals surface area contributed by atoms with Gasteiger partial charge in [0.25, 0.3) is 5.91 Å². The highest BCUT2D eigenvalue weighted by Gasteiger charge is 2.09. The van der Waals surface area contributed by atoms with Crippen LogP contribution in [0, 0.1) is 0 Å². The predicted molar refractivity (Wildman–Crippen MR) is 71.8 cm³/mol. The number of benzene rings is 1. The molecule has 0 aliphatic heterocycles. The summed E-state index contributed by atoms with van der Waals surface area (Å²) in [5.74, 6) is 0.684. The summed E-state index contributed by atoms with van der Waals surface area (Å²) in [6.07, 6.45) is 1.59. The zero-order chi connectivity index (χ0) is 14.3. The van der Waals surface area contributed by atoms with Crippen LogP contribution in [0.15, 0.2) is 18.2 Å². The largest absolute Gasteiger partial charge is 0.493 e. The van der Waals surface area contributed by atoms with E-state index in [2.05, 4.69) is 5.32 Å². The molecule has 1 amide bonds. The smallest absolute Gasteiger partial charge is 0.258 e. The van der Waals surface area contributed by atoms with E-state index in [-0.39, 0.29) is 18.6 Å². The molecule has 1 aromatic rings. The Bertz CT molecular complexity index is 445. The number of nitrogens with one attached hydrogen (secondary N) is 1. The standard InChI is InChI=1S/C14H19NO4/c1-4-10(2)15-14(17)9-19-12-6-5-11(8-16)7-13(12)18-3/h5-8,10H,4,9H2,1-3H3,(H,15,17)/t10-/m0/s1. The van der Waals surface area contributed by atoms with Crippen LogP contribution in [0.2, 0.25) is 0 Å². The fourth-order valence-corrected chi connectivity index (χ4v) is 1.44. The van der Waals surface area contributed by atoms with Gasteiger partial charge in [0, 0.05) is 11.6 Å². The van der Waals surface area contributed by atoms with Crippen LogP contribution in [-0.4, -0.2) is 32.0 Å². The van der Waals surface area contributed by atoms with E-state index >= 15 is 0 Å². The summed E-state index contributed by atoms with van der Waals surface area (Å²) >= 11 is 0. The molecule has 1 N–H and O–H groups in total. The summed E-state index contributed by atoms with van der Waals surface area (Å²) in [6, 6.07) is 4.90. The first-order valence-electron chi connectivity index (χ1n) is 6.16. The Labute approximate surface area is 112 Å². The third-order valence-electron chi connectivity index (χ3n) is 2.70. The average molecular weight is 265 g/mol. The van der Waals surface area contributed by atoms with Gasteiger partial charge in [-0.05, 0) is 31.5 Å². The summed E-state index contributed by atoms with van der Waals surface area (Å²) in [7, 11) is 1.48. The number of ether oxygens (including phenoxy) is 2. The van der Waals surface area contributed by atoms with Crippen LogP contribution in [0.3, 0.4) is 0 Å². The van der Waals surface area contributed by atoms with Crippen molar-refractivity contribution in [3.8, 4) is 11.5 Å². The first kappa shape index (κ1) is 15.0. The molecule has 1 rings (SSSR count). The summed E-state index contributed by atoms with van der Waals surface area (Å²) < 4.78 is 10.5. The Kier molecular flexibility index (Phi) is 5.85. The first-order chi connectivity index (χ1) is 9.10. The van der Waals surface area contributed by atoms with Gasteiger partial charge >= 0.3 is 0 Å². The van der Waals surface area contributed by atoms with E-state index in [1.807, 2.05) is 13.8 Å². The Hall–Kier alpha value is -2.04. The van der Waals surface area contributed by atoms with Gasteiger partial charge in [-0.15, -0.1) is 0 Å². The van der Waals surface area contributed by atoms with E-state index in [0.717, 1.165) is 12.7 Å². The number of hydrogen-bond donors (Lipinski definition) is 1. The number of amides is 1. The predicted octanol–water partition coefficient (Wildman–Crippen LogP) is 1.80. The van der Waals surface area contributed by atoms with Gasteiger partial charge in [0.15, 0.2) is 18.1 Å². The minimum atomic E-state index is -0.184. The molecule has 0 fully saturated rings. The van der Waals surface area contributed by atoms with Crippen LogP contribution in [0.4, 0.5) is 0 Å². The van der Waals surface area contributed by atoms with Gasteiger partial charge in [-0.3, -0.25) is 9.59 Å². The highest BCUT2D eigenvalue weighted by atomic mass is 16.5. The van der Waals surface area contributed by atoms with Crippen LogP contribution >= 0.6 is 0 Å². The maximum absolute atomic E-state index is 11.6. The third-order valence-corrected chi connectivity index (χ3v) is 2.70. The minimum Gasteiger partial charge on any atom is -0.493 e.